The maximum absolute atomic E-state index is 5.32. The topological polar surface area (TPSA) is 80.8 Å². The highest BCUT2D eigenvalue weighted by Crippen LogP contribution is 2.12. The number of nitrogens with zero attached hydrogens (tertiary/aromatic N) is 3. The minimum atomic E-state index is 0.641. The number of hydrazine groups is 1. The van der Waals surface area contributed by atoms with Crippen molar-refractivity contribution in [2.45, 2.75) is 19.9 Å². The lowest BCUT2D eigenvalue weighted by Crippen LogP contribution is -2.10. The number of nitrogens with one attached hydrogen (secondary N) is 2. The van der Waals surface area contributed by atoms with Crippen LogP contribution in [-0.4, -0.2) is 14.8 Å². The average molecular weight is 246 g/mol. The third kappa shape index (κ3) is 2.78. The smallest absolute Gasteiger partial charge is 0.142 e. The van der Waals surface area contributed by atoms with Crippen LogP contribution in [0, 0.1) is 0 Å². The molecule has 4 N–H and O–H groups in total. The Bertz CT molecular complexity index is 519. The van der Waals surface area contributed by atoms with Crippen LogP contribution in [0.2, 0.25) is 0 Å². The third-order valence-corrected chi connectivity index (χ3v) is 2.68. The van der Waals surface area contributed by atoms with Crippen molar-refractivity contribution in [2.24, 2.45) is 12.9 Å². The molecule has 2 rings (SSSR count). The van der Waals surface area contributed by atoms with Gasteiger partial charge in [-0.1, -0.05) is 13.0 Å². The Morgan fingerprint density at radius 3 is 2.83 bits per heavy atom. The van der Waals surface area contributed by atoms with Gasteiger partial charge in [-0.2, -0.15) is 5.10 Å². The quantitative estimate of drug-likeness (QED) is 0.547. The molecule has 6 nitrogen and oxygen atoms in total. The van der Waals surface area contributed by atoms with E-state index in [-0.39, 0.29) is 0 Å². The molecule has 0 atom stereocenters. The molecule has 0 fully saturated rings. The van der Waals surface area contributed by atoms with Crippen LogP contribution in [0.3, 0.4) is 0 Å². The van der Waals surface area contributed by atoms with Crippen molar-refractivity contribution in [3.05, 3.63) is 35.7 Å². The van der Waals surface area contributed by atoms with Gasteiger partial charge in [0.2, 0.25) is 0 Å². The summed E-state index contributed by atoms with van der Waals surface area (Å²) >= 11 is 0. The lowest BCUT2D eigenvalue weighted by atomic mass is 10.2. The molecule has 0 radical (unpaired) electrons. The summed E-state index contributed by atoms with van der Waals surface area (Å²) in [7, 11) is 1.93. The maximum Gasteiger partial charge on any atom is 0.142 e. The van der Waals surface area contributed by atoms with Gasteiger partial charge in [-0.05, 0) is 18.6 Å². The highest BCUT2D eigenvalue weighted by atomic mass is 15.3. The third-order valence-electron chi connectivity index (χ3n) is 2.68. The molecule has 0 aliphatic rings. The van der Waals surface area contributed by atoms with Crippen LogP contribution in [0.1, 0.15) is 18.2 Å². The number of aromatic nitrogens is 3. The number of nitrogen functional groups attached to an aromatic ring is 1. The minimum Gasteiger partial charge on any atom is -0.366 e. The number of hydrogen-bond donors (Lipinski definition) is 3. The van der Waals surface area contributed by atoms with Gasteiger partial charge < -0.3 is 10.7 Å². The summed E-state index contributed by atoms with van der Waals surface area (Å²) in [6, 6.07) is 5.62. The Morgan fingerprint density at radius 2 is 2.11 bits per heavy atom. The normalized spacial score (nSPS) is 10.4. The molecule has 0 aromatic carbocycles. The summed E-state index contributed by atoms with van der Waals surface area (Å²) in [5.74, 6) is 6.75. The van der Waals surface area contributed by atoms with Crippen molar-refractivity contribution < 1.29 is 0 Å². The molecule has 0 amide bonds. The zero-order chi connectivity index (χ0) is 13.0. The Hall–Kier alpha value is -2.08. The highest BCUT2D eigenvalue weighted by molar-refractivity contribution is 5.44. The van der Waals surface area contributed by atoms with Gasteiger partial charge in [0.25, 0.3) is 0 Å². The van der Waals surface area contributed by atoms with E-state index in [2.05, 4.69) is 27.7 Å². The van der Waals surface area contributed by atoms with Crippen molar-refractivity contribution in [1.29, 1.82) is 0 Å². The summed E-state index contributed by atoms with van der Waals surface area (Å²) in [5, 5.41) is 7.66. The van der Waals surface area contributed by atoms with E-state index in [0.29, 0.717) is 12.4 Å². The number of rotatable bonds is 5. The monoisotopic (exact) mass is 246 g/mol. The standard InChI is InChI=1S/C12H18N6/c1-3-10-9(8-18(2)17-10)7-14-11-5-4-6-12(15-11)16-13/h4-6,8H,3,7,13H2,1-2H3,(H2,14,15,16). The molecule has 6 heteroatoms. The maximum atomic E-state index is 5.32. The van der Waals surface area contributed by atoms with Gasteiger partial charge in [-0.3, -0.25) is 4.68 Å². The van der Waals surface area contributed by atoms with Gasteiger partial charge in [0.15, 0.2) is 0 Å². The lowest BCUT2D eigenvalue weighted by molar-refractivity contribution is 0.746. The highest BCUT2D eigenvalue weighted by Gasteiger charge is 2.05. The van der Waals surface area contributed by atoms with Gasteiger partial charge in [0.05, 0.1) is 5.69 Å². The molecule has 0 aliphatic carbocycles. The van der Waals surface area contributed by atoms with E-state index < -0.39 is 0 Å². The molecule has 0 aliphatic heterocycles. The first kappa shape index (κ1) is 12.4. The molecule has 0 saturated heterocycles. The first-order valence-electron chi connectivity index (χ1n) is 5.92. The number of aryl methyl sites for hydroxylation is 2. The molecule has 2 aromatic heterocycles. The molecular formula is C12H18N6. The summed E-state index contributed by atoms with van der Waals surface area (Å²) in [5.41, 5.74) is 4.82. The zero-order valence-corrected chi connectivity index (χ0v) is 10.6. The molecule has 2 aromatic rings. The fourth-order valence-corrected chi connectivity index (χ4v) is 1.83. The van der Waals surface area contributed by atoms with Gasteiger partial charge in [-0.15, -0.1) is 0 Å². The van der Waals surface area contributed by atoms with Crippen LogP contribution in [0.4, 0.5) is 11.6 Å². The van der Waals surface area contributed by atoms with Crippen molar-refractivity contribution >= 4 is 11.6 Å². The largest absolute Gasteiger partial charge is 0.366 e. The second kappa shape index (κ2) is 5.50. The van der Waals surface area contributed by atoms with E-state index in [0.717, 1.165) is 17.9 Å². The molecule has 0 unspecified atom stereocenters. The fourth-order valence-electron chi connectivity index (χ4n) is 1.83. The van der Waals surface area contributed by atoms with Crippen LogP contribution in [-0.2, 0) is 20.0 Å². The van der Waals surface area contributed by atoms with Crippen LogP contribution < -0.4 is 16.6 Å². The SMILES string of the molecule is CCc1nn(C)cc1CNc1cccc(NN)n1. The summed E-state index contributed by atoms with van der Waals surface area (Å²) < 4.78 is 1.83. The second-order valence-electron chi connectivity index (χ2n) is 4.03. The Morgan fingerprint density at radius 1 is 1.33 bits per heavy atom. The molecular weight excluding hydrogens is 228 g/mol. The van der Waals surface area contributed by atoms with Gasteiger partial charge in [0.1, 0.15) is 11.6 Å². The van der Waals surface area contributed by atoms with E-state index >= 15 is 0 Å². The van der Waals surface area contributed by atoms with Crippen LogP contribution in [0.15, 0.2) is 24.4 Å². The Balaban J connectivity index is 2.06. The van der Waals surface area contributed by atoms with Crippen LogP contribution in [0.25, 0.3) is 0 Å². The molecule has 0 bridgehead atoms. The van der Waals surface area contributed by atoms with E-state index in [1.807, 2.05) is 36.1 Å². The Kier molecular flexibility index (Phi) is 3.78. The van der Waals surface area contributed by atoms with Crippen LogP contribution >= 0.6 is 0 Å². The molecule has 96 valence electrons. The summed E-state index contributed by atoms with van der Waals surface area (Å²) in [4.78, 5) is 4.29. The molecule has 0 saturated carbocycles. The summed E-state index contributed by atoms with van der Waals surface area (Å²) in [6.45, 7) is 2.81. The predicted molar refractivity (Wildman–Crippen MR) is 72.0 cm³/mol. The van der Waals surface area contributed by atoms with E-state index in [1.165, 1.54) is 5.56 Å². The number of hydrogen-bond acceptors (Lipinski definition) is 5. The van der Waals surface area contributed by atoms with E-state index in [1.54, 1.807) is 0 Å². The lowest BCUT2D eigenvalue weighted by Gasteiger charge is -2.06. The van der Waals surface area contributed by atoms with Gasteiger partial charge in [0, 0.05) is 25.4 Å². The fraction of sp³-hybridized carbons (Fsp3) is 0.333. The van der Waals surface area contributed by atoms with Crippen molar-refractivity contribution in [3.63, 3.8) is 0 Å². The van der Waals surface area contributed by atoms with Crippen molar-refractivity contribution in [1.82, 2.24) is 14.8 Å². The Labute approximate surface area is 106 Å². The predicted octanol–water partition coefficient (Wildman–Crippen LogP) is 1.28. The summed E-state index contributed by atoms with van der Waals surface area (Å²) in [6.07, 6.45) is 2.95. The van der Waals surface area contributed by atoms with Crippen LogP contribution in [0.5, 0.6) is 0 Å². The number of pyridine rings is 1. The van der Waals surface area contributed by atoms with Crippen molar-refractivity contribution in [3.8, 4) is 0 Å². The zero-order valence-electron chi connectivity index (χ0n) is 10.6. The number of nitrogens with two attached hydrogens (primary N) is 1. The first-order valence-corrected chi connectivity index (χ1v) is 5.92. The average Bonchev–Trinajstić information content (AvgIpc) is 2.77. The van der Waals surface area contributed by atoms with Gasteiger partial charge in [-0.25, -0.2) is 10.8 Å². The molecule has 0 spiro atoms. The van der Waals surface area contributed by atoms with Crippen molar-refractivity contribution in [2.75, 3.05) is 10.7 Å². The molecule has 2 heterocycles. The van der Waals surface area contributed by atoms with E-state index in [9.17, 15) is 0 Å². The van der Waals surface area contributed by atoms with E-state index in [4.69, 9.17) is 5.84 Å². The minimum absolute atomic E-state index is 0.641. The van der Waals surface area contributed by atoms with Gasteiger partial charge >= 0.3 is 0 Å². The first-order chi connectivity index (χ1) is 8.72. The molecule has 18 heavy (non-hydrogen) atoms. The number of anilines is 2. The second-order valence-corrected chi connectivity index (χ2v) is 4.03.